The molecule has 0 unspecified atom stereocenters. The molecular weight excluding hydrogens is 210 g/mol. The van der Waals surface area contributed by atoms with Crippen LogP contribution in [0.5, 0.6) is 0 Å². The predicted octanol–water partition coefficient (Wildman–Crippen LogP) is 0.517. The number of nitrogens with one attached hydrogen (secondary N) is 4. The van der Waals surface area contributed by atoms with Crippen LogP contribution < -0.4 is 5.73 Å². The summed E-state index contributed by atoms with van der Waals surface area (Å²) in [5.74, 6) is 0.324. The highest BCUT2D eigenvalue weighted by Crippen LogP contribution is 1.82. The van der Waals surface area contributed by atoms with E-state index in [2.05, 4.69) is 54.8 Å². The number of hydrogen-bond acceptors (Lipinski definition) is 5. The molecule has 7 nitrogen and oxygen atoms in total. The molecule has 2 rings (SSSR count). The van der Waals surface area contributed by atoms with E-state index < -0.39 is 0 Å². The molecule has 0 aromatic carbocycles. The summed E-state index contributed by atoms with van der Waals surface area (Å²) < 4.78 is 0.882. The van der Waals surface area contributed by atoms with Gasteiger partial charge in [-0.05, 0) is 24.4 Å². The molecule has 0 saturated carbocycles. The minimum absolute atomic E-state index is 0.324. The summed E-state index contributed by atoms with van der Waals surface area (Å²) in [6.45, 7) is 0. The molecule has 0 aliphatic rings. The van der Waals surface area contributed by atoms with E-state index in [0.717, 1.165) is 0 Å². The highest BCUT2D eigenvalue weighted by Gasteiger charge is 1.80. The molecule has 9 heteroatoms. The third-order valence-corrected chi connectivity index (χ3v) is 1.35. The van der Waals surface area contributed by atoms with Crippen molar-refractivity contribution in [3.8, 4) is 0 Å². The van der Waals surface area contributed by atoms with E-state index in [1.54, 1.807) is 0 Å². The predicted molar refractivity (Wildman–Crippen MR) is 52.0 cm³/mol. The summed E-state index contributed by atoms with van der Waals surface area (Å²) in [5, 5.41) is 10.2. The maximum absolute atomic E-state index is 5.11. The fourth-order valence-corrected chi connectivity index (χ4v) is 0.761. The lowest BCUT2D eigenvalue weighted by atomic mass is 11.1. The standard InChI is InChI=1S/C2H4N4S.C2H3N3S/c3-1-4-2(7)6-5-1;6-2-3-1-4-5-2/h(H4,3,4,5,6,7);1H,(H2,3,4,5,6). The van der Waals surface area contributed by atoms with Gasteiger partial charge in [0.15, 0.2) is 0 Å². The molecule has 13 heavy (non-hydrogen) atoms. The molecule has 0 radical (unpaired) electrons. The summed E-state index contributed by atoms with van der Waals surface area (Å²) in [4.78, 5) is 7.21. The minimum Gasteiger partial charge on any atom is -0.368 e. The van der Waals surface area contributed by atoms with Crippen molar-refractivity contribution in [1.82, 2.24) is 30.4 Å². The molecular formula is C4H7N7S2. The van der Waals surface area contributed by atoms with Gasteiger partial charge < -0.3 is 5.73 Å². The van der Waals surface area contributed by atoms with Crippen LogP contribution in [0.3, 0.4) is 0 Å². The Bertz CT molecular complexity index is 430. The van der Waals surface area contributed by atoms with E-state index in [9.17, 15) is 0 Å². The van der Waals surface area contributed by atoms with Crippen molar-refractivity contribution in [3.63, 3.8) is 0 Å². The maximum atomic E-state index is 5.11. The van der Waals surface area contributed by atoms with Gasteiger partial charge in [-0.25, -0.2) is 4.98 Å². The Morgan fingerprint density at radius 2 is 1.92 bits per heavy atom. The fraction of sp³-hybridized carbons (Fsp3) is 0. The number of hydrogen-bond donors (Lipinski definition) is 5. The molecule has 0 fully saturated rings. The molecule has 0 bridgehead atoms. The molecule has 0 amide bonds. The summed E-state index contributed by atoms with van der Waals surface area (Å²) >= 11 is 9.10. The first-order valence-corrected chi connectivity index (χ1v) is 3.98. The number of rotatable bonds is 0. The SMILES string of the molecule is Nc1nc(=S)[nH][nH]1.S=c1nc[nH][nH]1. The van der Waals surface area contributed by atoms with Gasteiger partial charge in [0.25, 0.3) is 0 Å². The molecule has 0 spiro atoms. The van der Waals surface area contributed by atoms with E-state index in [1.807, 2.05) is 0 Å². The van der Waals surface area contributed by atoms with Gasteiger partial charge in [-0.15, -0.1) is 0 Å². The first-order valence-electron chi connectivity index (χ1n) is 3.16. The van der Waals surface area contributed by atoms with Crippen LogP contribution in [0.15, 0.2) is 6.33 Å². The van der Waals surface area contributed by atoms with Gasteiger partial charge in [-0.3, -0.25) is 20.4 Å². The first-order chi connectivity index (χ1) is 6.18. The van der Waals surface area contributed by atoms with Gasteiger partial charge in [0, 0.05) is 0 Å². The highest BCUT2D eigenvalue weighted by atomic mass is 32.1. The molecule has 0 aliphatic carbocycles. The van der Waals surface area contributed by atoms with Crippen LogP contribution in [-0.2, 0) is 0 Å². The Morgan fingerprint density at radius 3 is 2.08 bits per heavy atom. The van der Waals surface area contributed by atoms with Crippen molar-refractivity contribution in [2.75, 3.05) is 5.73 Å². The molecule has 0 aliphatic heterocycles. The fourth-order valence-electron chi connectivity index (χ4n) is 0.500. The minimum atomic E-state index is 0.324. The number of H-pyrrole nitrogens is 4. The van der Waals surface area contributed by atoms with Crippen molar-refractivity contribution in [2.24, 2.45) is 0 Å². The average Bonchev–Trinajstić information content (AvgIpc) is 2.64. The normalized spacial score (nSPS) is 8.92. The van der Waals surface area contributed by atoms with Crippen molar-refractivity contribution in [3.05, 3.63) is 15.9 Å². The third-order valence-electron chi connectivity index (χ3n) is 0.945. The largest absolute Gasteiger partial charge is 0.368 e. The lowest BCUT2D eigenvalue weighted by molar-refractivity contribution is 1.08. The van der Waals surface area contributed by atoms with Gasteiger partial charge in [0.2, 0.25) is 15.5 Å². The Balaban J connectivity index is 0.000000132. The zero-order chi connectivity index (χ0) is 9.68. The number of aromatic nitrogens is 6. The van der Waals surface area contributed by atoms with E-state index >= 15 is 0 Å². The Kier molecular flexibility index (Phi) is 3.34. The van der Waals surface area contributed by atoms with Gasteiger partial charge >= 0.3 is 0 Å². The molecule has 2 aromatic heterocycles. The van der Waals surface area contributed by atoms with Crippen LogP contribution >= 0.6 is 24.4 Å². The van der Waals surface area contributed by atoms with Crippen LogP contribution in [0.1, 0.15) is 0 Å². The molecule has 6 N–H and O–H groups in total. The highest BCUT2D eigenvalue weighted by molar-refractivity contribution is 7.71. The second-order valence-electron chi connectivity index (χ2n) is 1.88. The van der Waals surface area contributed by atoms with E-state index in [-0.39, 0.29) is 0 Å². The monoisotopic (exact) mass is 217 g/mol. The number of nitrogens with two attached hydrogens (primary N) is 1. The summed E-state index contributed by atoms with van der Waals surface area (Å²) in [6.07, 6.45) is 1.50. The second-order valence-corrected chi connectivity index (χ2v) is 2.66. The van der Waals surface area contributed by atoms with Gasteiger partial charge in [-0.1, -0.05) is 0 Å². The quantitative estimate of drug-likeness (QED) is 0.412. The Labute approximate surface area is 82.8 Å². The average molecular weight is 217 g/mol. The van der Waals surface area contributed by atoms with E-state index in [1.165, 1.54) is 6.33 Å². The van der Waals surface area contributed by atoms with Crippen LogP contribution in [-0.4, -0.2) is 30.4 Å². The summed E-state index contributed by atoms with van der Waals surface area (Å²) in [7, 11) is 0. The zero-order valence-corrected chi connectivity index (χ0v) is 8.00. The Morgan fingerprint density at radius 1 is 1.15 bits per heavy atom. The van der Waals surface area contributed by atoms with Crippen LogP contribution in [0.4, 0.5) is 5.95 Å². The number of nitrogens with zero attached hydrogens (tertiary/aromatic N) is 2. The molecule has 0 saturated heterocycles. The summed E-state index contributed by atoms with van der Waals surface area (Å²) in [5.41, 5.74) is 5.11. The first kappa shape index (κ1) is 9.61. The number of anilines is 1. The number of aromatic amines is 4. The maximum Gasteiger partial charge on any atom is 0.215 e. The zero-order valence-electron chi connectivity index (χ0n) is 6.37. The lowest BCUT2D eigenvalue weighted by Gasteiger charge is -1.69. The van der Waals surface area contributed by atoms with Crippen molar-refractivity contribution < 1.29 is 0 Å². The molecule has 0 atom stereocenters. The third kappa shape index (κ3) is 3.62. The topological polar surface area (TPSA) is 115 Å². The molecule has 2 heterocycles. The number of nitrogen functional groups attached to an aromatic ring is 1. The van der Waals surface area contributed by atoms with Gasteiger partial charge in [0.1, 0.15) is 6.33 Å². The van der Waals surface area contributed by atoms with Crippen LogP contribution in [0, 0.1) is 9.54 Å². The van der Waals surface area contributed by atoms with Crippen LogP contribution in [0.25, 0.3) is 0 Å². The van der Waals surface area contributed by atoms with Crippen LogP contribution in [0.2, 0.25) is 0 Å². The smallest absolute Gasteiger partial charge is 0.215 e. The van der Waals surface area contributed by atoms with Crippen molar-refractivity contribution in [1.29, 1.82) is 0 Å². The Hall–Kier alpha value is -1.48. The lowest BCUT2D eigenvalue weighted by Crippen LogP contribution is -1.84. The van der Waals surface area contributed by atoms with Gasteiger partial charge in [-0.2, -0.15) is 4.98 Å². The van der Waals surface area contributed by atoms with Gasteiger partial charge in [0.05, 0.1) is 0 Å². The van der Waals surface area contributed by atoms with Crippen molar-refractivity contribution >= 4 is 30.4 Å². The molecule has 2 aromatic rings. The summed E-state index contributed by atoms with van der Waals surface area (Å²) in [6, 6.07) is 0. The second kappa shape index (κ2) is 4.52. The molecule has 70 valence electrons. The van der Waals surface area contributed by atoms with Crippen molar-refractivity contribution in [2.45, 2.75) is 0 Å². The van der Waals surface area contributed by atoms with E-state index in [4.69, 9.17) is 5.73 Å². The van der Waals surface area contributed by atoms with E-state index in [0.29, 0.717) is 15.5 Å².